The van der Waals surface area contributed by atoms with Crippen LogP contribution < -0.4 is 5.32 Å². The molecule has 0 saturated carbocycles. The smallest absolute Gasteiger partial charge is 0.337 e. The molecule has 8 heteroatoms. The van der Waals surface area contributed by atoms with Crippen molar-refractivity contribution in [2.45, 2.75) is 5.03 Å². The van der Waals surface area contributed by atoms with Gasteiger partial charge in [-0.1, -0.05) is 39.8 Å². The molecule has 1 N–H and O–H groups in total. The zero-order chi connectivity index (χ0) is 19.9. The van der Waals surface area contributed by atoms with Gasteiger partial charge in [-0.2, -0.15) is 0 Å². The van der Waals surface area contributed by atoms with Crippen LogP contribution in [0, 0.1) is 0 Å². The Morgan fingerprint density at radius 3 is 2.32 bits per heavy atom. The van der Waals surface area contributed by atoms with Crippen molar-refractivity contribution in [3.05, 3.63) is 70.7 Å². The Balaban J connectivity index is 1.53. The summed E-state index contributed by atoms with van der Waals surface area (Å²) in [6, 6.07) is 18.0. The van der Waals surface area contributed by atoms with Crippen LogP contribution in [0.5, 0.6) is 0 Å². The molecule has 0 aliphatic heterocycles. The second-order valence-electron chi connectivity index (χ2n) is 5.67. The van der Waals surface area contributed by atoms with Gasteiger partial charge in [0.1, 0.15) is 5.03 Å². The lowest BCUT2D eigenvalue weighted by molar-refractivity contribution is -0.113. The number of hydrogen-bond donors (Lipinski definition) is 1. The number of methoxy groups -OCH3 is 1. The summed E-state index contributed by atoms with van der Waals surface area (Å²) < 4.78 is 5.64. The molecule has 0 radical (unpaired) electrons. The first-order valence-electron chi connectivity index (χ1n) is 8.26. The largest absolute Gasteiger partial charge is 0.465 e. The number of hydrogen-bond acceptors (Lipinski definition) is 6. The molecule has 28 heavy (non-hydrogen) atoms. The van der Waals surface area contributed by atoms with Crippen LogP contribution in [0.2, 0.25) is 0 Å². The summed E-state index contributed by atoms with van der Waals surface area (Å²) in [6.45, 7) is 0. The molecule has 0 bridgehead atoms. The Morgan fingerprint density at radius 1 is 1.00 bits per heavy atom. The van der Waals surface area contributed by atoms with Crippen molar-refractivity contribution in [1.29, 1.82) is 0 Å². The van der Waals surface area contributed by atoms with Gasteiger partial charge < -0.3 is 10.1 Å². The fourth-order valence-electron chi connectivity index (χ4n) is 2.32. The molecule has 0 saturated heterocycles. The Hall–Kier alpha value is -2.71. The number of rotatable bonds is 6. The van der Waals surface area contributed by atoms with Crippen LogP contribution in [0.4, 0.5) is 5.69 Å². The van der Waals surface area contributed by atoms with E-state index in [-0.39, 0.29) is 11.7 Å². The van der Waals surface area contributed by atoms with Gasteiger partial charge in [-0.05, 0) is 48.5 Å². The van der Waals surface area contributed by atoms with Crippen LogP contribution >= 0.6 is 27.7 Å². The number of halogens is 1. The molecule has 0 fully saturated rings. The third kappa shape index (κ3) is 5.40. The molecular weight excluding hydrogens is 442 g/mol. The van der Waals surface area contributed by atoms with Crippen molar-refractivity contribution in [1.82, 2.24) is 10.2 Å². The molecule has 142 valence electrons. The molecule has 2 aromatic carbocycles. The van der Waals surface area contributed by atoms with E-state index in [9.17, 15) is 9.59 Å². The third-order valence-electron chi connectivity index (χ3n) is 3.72. The summed E-state index contributed by atoms with van der Waals surface area (Å²) >= 11 is 4.70. The predicted molar refractivity (Wildman–Crippen MR) is 112 cm³/mol. The second-order valence-corrected chi connectivity index (χ2v) is 7.58. The van der Waals surface area contributed by atoms with Crippen LogP contribution in [0.1, 0.15) is 10.4 Å². The molecule has 1 aromatic heterocycles. The average molecular weight is 458 g/mol. The molecular formula is C20H16BrN3O3S. The minimum Gasteiger partial charge on any atom is -0.465 e. The van der Waals surface area contributed by atoms with E-state index in [1.54, 1.807) is 24.3 Å². The topological polar surface area (TPSA) is 81.2 Å². The fourth-order valence-corrected chi connectivity index (χ4v) is 3.19. The lowest BCUT2D eigenvalue weighted by Gasteiger charge is -2.06. The summed E-state index contributed by atoms with van der Waals surface area (Å²) in [5, 5.41) is 11.8. The van der Waals surface area contributed by atoms with Crippen LogP contribution in [0.25, 0.3) is 11.3 Å². The van der Waals surface area contributed by atoms with E-state index in [2.05, 4.69) is 36.2 Å². The van der Waals surface area contributed by atoms with Crippen LogP contribution in [-0.2, 0) is 9.53 Å². The number of amides is 1. The highest BCUT2D eigenvalue weighted by atomic mass is 79.9. The summed E-state index contributed by atoms with van der Waals surface area (Å²) in [6.07, 6.45) is 0. The van der Waals surface area contributed by atoms with E-state index in [1.165, 1.54) is 18.9 Å². The van der Waals surface area contributed by atoms with E-state index in [1.807, 2.05) is 36.4 Å². The summed E-state index contributed by atoms with van der Waals surface area (Å²) in [5.74, 6) is -0.390. The van der Waals surface area contributed by atoms with Crippen molar-refractivity contribution in [3.8, 4) is 11.3 Å². The molecule has 3 aromatic rings. The molecule has 0 spiro atoms. The monoisotopic (exact) mass is 457 g/mol. The first-order chi connectivity index (χ1) is 13.5. The van der Waals surface area contributed by atoms with Gasteiger partial charge in [0.15, 0.2) is 0 Å². The van der Waals surface area contributed by atoms with Gasteiger partial charge in [0.25, 0.3) is 0 Å². The Morgan fingerprint density at radius 2 is 1.71 bits per heavy atom. The summed E-state index contributed by atoms with van der Waals surface area (Å²) in [7, 11) is 1.32. The van der Waals surface area contributed by atoms with E-state index in [4.69, 9.17) is 0 Å². The quantitative estimate of drug-likeness (QED) is 0.435. The number of benzene rings is 2. The lowest BCUT2D eigenvalue weighted by atomic mass is 10.1. The Kier molecular flexibility index (Phi) is 6.78. The number of thioether (sulfide) groups is 1. The number of aromatic nitrogens is 2. The first kappa shape index (κ1) is 20.0. The van der Waals surface area contributed by atoms with Gasteiger partial charge in [0, 0.05) is 15.7 Å². The van der Waals surface area contributed by atoms with E-state index < -0.39 is 5.97 Å². The third-order valence-corrected chi connectivity index (χ3v) is 5.17. The minimum atomic E-state index is -0.418. The summed E-state index contributed by atoms with van der Waals surface area (Å²) in [5.41, 5.74) is 2.78. The number of carbonyl (C=O) groups excluding carboxylic acids is 2. The number of ether oxygens (including phenoxy) is 1. The first-order valence-corrected chi connectivity index (χ1v) is 10.0. The van der Waals surface area contributed by atoms with Crippen molar-refractivity contribution >= 4 is 45.3 Å². The lowest BCUT2D eigenvalue weighted by Crippen LogP contribution is -2.14. The van der Waals surface area contributed by atoms with Gasteiger partial charge in [-0.3, -0.25) is 4.79 Å². The maximum atomic E-state index is 12.1. The molecule has 6 nitrogen and oxygen atoms in total. The second kappa shape index (κ2) is 9.48. The maximum absolute atomic E-state index is 12.1. The van der Waals surface area contributed by atoms with Crippen LogP contribution in [0.15, 0.2) is 70.2 Å². The predicted octanol–water partition coefficient (Wildman–Crippen LogP) is 4.42. The highest BCUT2D eigenvalue weighted by Gasteiger charge is 2.08. The maximum Gasteiger partial charge on any atom is 0.337 e. The zero-order valence-corrected chi connectivity index (χ0v) is 17.3. The van der Waals surface area contributed by atoms with Crippen molar-refractivity contribution < 1.29 is 14.3 Å². The fraction of sp³-hybridized carbons (Fsp3) is 0.100. The van der Waals surface area contributed by atoms with Crippen molar-refractivity contribution in [3.63, 3.8) is 0 Å². The van der Waals surface area contributed by atoms with Gasteiger partial charge in [-0.15, -0.1) is 10.2 Å². The molecule has 0 unspecified atom stereocenters. The highest BCUT2D eigenvalue weighted by Crippen LogP contribution is 2.22. The van der Waals surface area contributed by atoms with Crippen LogP contribution in [-0.4, -0.2) is 34.9 Å². The zero-order valence-electron chi connectivity index (χ0n) is 14.9. The van der Waals surface area contributed by atoms with Gasteiger partial charge >= 0.3 is 5.97 Å². The van der Waals surface area contributed by atoms with Gasteiger partial charge in [0.05, 0.1) is 24.1 Å². The molecule has 1 amide bonds. The van der Waals surface area contributed by atoms with Crippen molar-refractivity contribution in [2.75, 3.05) is 18.2 Å². The van der Waals surface area contributed by atoms with E-state index in [0.29, 0.717) is 16.3 Å². The molecule has 3 rings (SSSR count). The number of esters is 1. The summed E-state index contributed by atoms with van der Waals surface area (Å²) in [4.78, 5) is 23.5. The van der Waals surface area contributed by atoms with Gasteiger partial charge in [0.2, 0.25) is 5.91 Å². The molecule has 1 heterocycles. The Bertz CT molecular complexity index is 961. The standard InChI is InChI=1S/C20H16BrN3O3S/c1-27-20(26)14-4-8-16(9-5-14)22-18(25)12-28-19-11-10-17(23-24-19)13-2-6-15(21)7-3-13/h2-11H,12H2,1H3,(H,22,25). The number of carbonyl (C=O) groups is 2. The molecule has 0 atom stereocenters. The normalized spacial score (nSPS) is 10.4. The highest BCUT2D eigenvalue weighted by molar-refractivity contribution is 9.10. The number of nitrogens with one attached hydrogen (secondary N) is 1. The number of nitrogens with zero attached hydrogens (tertiary/aromatic N) is 2. The van der Waals surface area contributed by atoms with Crippen LogP contribution in [0.3, 0.4) is 0 Å². The van der Waals surface area contributed by atoms with E-state index >= 15 is 0 Å². The average Bonchev–Trinajstić information content (AvgIpc) is 2.73. The molecule has 0 aliphatic carbocycles. The van der Waals surface area contributed by atoms with E-state index in [0.717, 1.165) is 15.7 Å². The minimum absolute atomic E-state index is 0.172. The Labute approximate surface area is 174 Å². The SMILES string of the molecule is COC(=O)c1ccc(NC(=O)CSc2ccc(-c3ccc(Br)cc3)nn2)cc1. The molecule has 0 aliphatic rings. The number of anilines is 1. The van der Waals surface area contributed by atoms with Crippen molar-refractivity contribution in [2.24, 2.45) is 0 Å². The van der Waals surface area contributed by atoms with Gasteiger partial charge in [-0.25, -0.2) is 4.79 Å².